The minimum atomic E-state index is -0.671. The van der Waals surface area contributed by atoms with Crippen molar-refractivity contribution >= 4 is 0 Å². The van der Waals surface area contributed by atoms with Crippen LogP contribution in [0.3, 0.4) is 0 Å². The molecule has 0 fully saturated rings. The first-order valence-corrected chi connectivity index (χ1v) is 3.63. The molecule has 0 saturated carbocycles. The Morgan fingerprint density at radius 2 is 2.00 bits per heavy atom. The van der Waals surface area contributed by atoms with Gasteiger partial charge in [0.15, 0.2) is 5.82 Å². The Morgan fingerprint density at radius 3 is 2.27 bits per heavy atom. The number of aromatic nitrogens is 2. The molecule has 0 aliphatic rings. The van der Waals surface area contributed by atoms with E-state index < -0.39 is 6.10 Å². The molecule has 1 aromatic heterocycles. The third-order valence-electron chi connectivity index (χ3n) is 1.33. The highest BCUT2D eigenvalue weighted by Gasteiger charge is 2.12. The van der Waals surface area contributed by atoms with Crippen molar-refractivity contribution in [1.82, 2.24) is 10.1 Å². The third-order valence-corrected chi connectivity index (χ3v) is 1.33. The van der Waals surface area contributed by atoms with E-state index in [-0.39, 0.29) is 11.8 Å². The van der Waals surface area contributed by atoms with E-state index >= 15 is 0 Å². The van der Waals surface area contributed by atoms with Crippen LogP contribution in [0.2, 0.25) is 0 Å². The first-order valence-electron chi connectivity index (χ1n) is 3.63. The van der Waals surface area contributed by atoms with Gasteiger partial charge >= 0.3 is 0 Å². The van der Waals surface area contributed by atoms with E-state index in [4.69, 9.17) is 9.63 Å². The van der Waals surface area contributed by atoms with Crippen LogP contribution in [0.15, 0.2) is 4.52 Å². The highest BCUT2D eigenvalue weighted by Crippen LogP contribution is 2.13. The van der Waals surface area contributed by atoms with Gasteiger partial charge in [-0.1, -0.05) is 19.0 Å². The van der Waals surface area contributed by atoms with Crippen molar-refractivity contribution in [2.24, 2.45) is 0 Å². The van der Waals surface area contributed by atoms with E-state index in [2.05, 4.69) is 10.1 Å². The van der Waals surface area contributed by atoms with Gasteiger partial charge in [-0.2, -0.15) is 4.98 Å². The number of rotatable bonds is 2. The van der Waals surface area contributed by atoms with Crippen LogP contribution in [0.5, 0.6) is 0 Å². The SMILES string of the molecule is CC(C)c1noc([C@@H](C)O)n1. The zero-order valence-electron chi connectivity index (χ0n) is 6.90. The molecule has 1 aromatic rings. The Hall–Kier alpha value is -0.900. The molecule has 1 heterocycles. The van der Waals surface area contributed by atoms with Gasteiger partial charge in [-0.3, -0.25) is 0 Å². The molecular weight excluding hydrogens is 144 g/mol. The van der Waals surface area contributed by atoms with Crippen LogP contribution in [0, 0.1) is 0 Å². The first kappa shape index (κ1) is 8.20. The standard InChI is InChI=1S/C7H12N2O2/c1-4(2)6-8-7(5(3)10)11-9-6/h4-5,10H,1-3H3/t5-/m1/s1. The topological polar surface area (TPSA) is 59.2 Å². The normalized spacial score (nSPS) is 13.9. The summed E-state index contributed by atoms with van der Waals surface area (Å²) in [7, 11) is 0. The van der Waals surface area contributed by atoms with Crippen molar-refractivity contribution in [3.8, 4) is 0 Å². The zero-order valence-corrected chi connectivity index (χ0v) is 6.90. The van der Waals surface area contributed by atoms with Gasteiger partial charge in [0, 0.05) is 5.92 Å². The van der Waals surface area contributed by atoms with Crippen molar-refractivity contribution in [2.75, 3.05) is 0 Å². The molecule has 0 aromatic carbocycles. The number of aliphatic hydroxyl groups is 1. The monoisotopic (exact) mass is 156 g/mol. The molecule has 0 bridgehead atoms. The van der Waals surface area contributed by atoms with Crippen LogP contribution in [0.4, 0.5) is 0 Å². The zero-order chi connectivity index (χ0) is 8.43. The van der Waals surface area contributed by atoms with Crippen LogP contribution in [0.25, 0.3) is 0 Å². The highest BCUT2D eigenvalue weighted by atomic mass is 16.5. The molecule has 0 aliphatic carbocycles. The molecule has 1 N–H and O–H groups in total. The minimum Gasteiger partial charge on any atom is -0.384 e. The average Bonchev–Trinajstić information content (AvgIpc) is 2.33. The largest absolute Gasteiger partial charge is 0.384 e. The van der Waals surface area contributed by atoms with Gasteiger partial charge in [0.1, 0.15) is 6.10 Å². The predicted octanol–water partition coefficient (Wildman–Crippen LogP) is 1.25. The molecule has 4 heteroatoms. The van der Waals surface area contributed by atoms with Crippen LogP contribution in [-0.2, 0) is 0 Å². The van der Waals surface area contributed by atoms with Crippen LogP contribution in [0.1, 0.15) is 44.5 Å². The summed E-state index contributed by atoms with van der Waals surface area (Å²) in [5.41, 5.74) is 0. The van der Waals surface area contributed by atoms with Crippen molar-refractivity contribution in [1.29, 1.82) is 0 Å². The van der Waals surface area contributed by atoms with E-state index in [0.717, 1.165) is 0 Å². The van der Waals surface area contributed by atoms with Crippen molar-refractivity contribution in [3.63, 3.8) is 0 Å². The summed E-state index contributed by atoms with van der Waals surface area (Å²) in [5, 5.41) is 12.7. The highest BCUT2D eigenvalue weighted by molar-refractivity contribution is 4.92. The summed E-state index contributed by atoms with van der Waals surface area (Å²) in [6.45, 7) is 5.53. The van der Waals surface area contributed by atoms with Crippen LogP contribution < -0.4 is 0 Å². The Bertz CT molecular complexity index is 208. The summed E-state index contributed by atoms with van der Waals surface area (Å²) in [6.07, 6.45) is -0.671. The number of aliphatic hydroxyl groups excluding tert-OH is 1. The van der Waals surface area contributed by atoms with E-state index in [9.17, 15) is 0 Å². The summed E-state index contributed by atoms with van der Waals surface area (Å²) >= 11 is 0. The van der Waals surface area contributed by atoms with Gasteiger partial charge in [0.05, 0.1) is 0 Å². The second-order valence-corrected chi connectivity index (χ2v) is 2.82. The fraction of sp³-hybridized carbons (Fsp3) is 0.714. The summed E-state index contributed by atoms with van der Waals surface area (Å²) < 4.78 is 4.78. The lowest BCUT2D eigenvalue weighted by Gasteiger charge is -1.93. The molecular formula is C7H12N2O2. The quantitative estimate of drug-likeness (QED) is 0.700. The van der Waals surface area contributed by atoms with Gasteiger partial charge < -0.3 is 9.63 Å². The number of nitrogens with zero attached hydrogens (tertiary/aromatic N) is 2. The maximum absolute atomic E-state index is 9.02. The van der Waals surface area contributed by atoms with Crippen molar-refractivity contribution in [3.05, 3.63) is 11.7 Å². The number of hydrogen-bond acceptors (Lipinski definition) is 4. The molecule has 0 amide bonds. The Labute approximate surface area is 65.2 Å². The lowest BCUT2D eigenvalue weighted by Crippen LogP contribution is -1.93. The number of hydrogen-bond donors (Lipinski definition) is 1. The second-order valence-electron chi connectivity index (χ2n) is 2.82. The minimum absolute atomic E-state index is 0.242. The third kappa shape index (κ3) is 1.77. The van der Waals surface area contributed by atoms with Gasteiger partial charge in [-0.25, -0.2) is 0 Å². The van der Waals surface area contributed by atoms with Crippen LogP contribution >= 0.6 is 0 Å². The smallest absolute Gasteiger partial charge is 0.255 e. The first-order chi connectivity index (χ1) is 5.11. The summed E-state index contributed by atoms with van der Waals surface area (Å²) in [5.74, 6) is 1.17. The molecule has 0 spiro atoms. The summed E-state index contributed by atoms with van der Waals surface area (Å²) in [4.78, 5) is 3.98. The molecule has 1 rings (SSSR count). The molecule has 4 nitrogen and oxygen atoms in total. The lowest BCUT2D eigenvalue weighted by molar-refractivity contribution is 0.151. The molecule has 0 saturated heterocycles. The second kappa shape index (κ2) is 3.00. The maximum atomic E-state index is 9.02. The van der Waals surface area contributed by atoms with Crippen LogP contribution in [-0.4, -0.2) is 15.2 Å². The molecule has 1 atom stereocenters. The fourth-order valence-corrected chi connectivity index (χ4v) is 0.651. The molecule has 0 aliphatic heterocycles. The van der Waals surface area contributed by atoms with Gasteiger partial charge in [-0.15, -0.1) is 0 Å². The van der Waals surface area contributed by atoms with E-state index in [0.29, 0.717) is 5.82 Å². The Morgan fingerprint density at radius 1 is 1.36 bits per heavy atom. The molecule has 11 heavy (non-hydrogen) atoms. The van der Waals surface area contributed by atoms with E-state index in [1.54, 1.807) is 6.92 Å². The molecule has 0 radical (unpaired) electrons. The summed E-state index contributed by atoms with van der Waals surface area (Å²) in [6, 6.07) is 0. The van der Waals surface area contributed by atoms with E-state index in [1.807, 2.05) is 13.8 Å². The Balaban J connectivity index is 2.82. The molecule has 62 valence electrons. The van der Waals surface area contributed by atoms with Crippen molar-refractivity contribution < 1.29 is 9.63 Å². The van der Waals surface area contributed by atoms with Gasteiger partial charge in [-0.05, 0) is 6.92 Å². The van der Waals surface area contributed by atoms with E-state index in [1.165, 1.54) is 0 Å². The maximum Gasteiger partial charge on any atom is 0.255 e. The van der Waals surface area contributed by atoms with Crippen molar-refractivity contribution in [2.45, 2.75) is 32.8 Å². The Kier molecular flexibility index (Phi) is 2.24. The average molecular weight is 156 g/mol. The van der Waals surface area contributed by atoms with Gasteiger partial charge in [0.2, 0.25) is 0 Å². The predicted molar refractivity (Wildman–Crippen MR) is 39.0 cm³/mol. The van der Waals surface area contributed by atoms with Gasteiger partial charge in [0.25, 0.3) is 5.89 Å². The molecule has 0 unspecified atom stereocenters. The fourth-order valence-electron chi connectivity index (χ4n) is 0.651. The lowest BCUT2D eigenvalue weighted by atomic mass is 10.2.